The van der Waals surface area contributed by atoms with Gasteiger partial charge in [0.05, 0.1) is 4.90 Å². The van der Waals surface area contributed by atoms with Gasteiger partial charge in [-0.2, -0.15) is 0 Å². The second-order valence-corrected chi connectivity index (χ2v) is 6.41. The van der Waals surface area contributed by atoms with E-state index in [-0.39, 0.29) is 17.4 Å². The molecule has 122 valence electrons. The fourth-order valence-electron chi connectivity index (χ4n) is 2.02. The maximum atomic E-state index is 11.9. The zero-order valence-corrected chi connectivity index (χ0v) is 13.1. The van der Waals surface area contributed by atoms with Crippen LogP contribution in [0.25, 0.3) is 0 Å². The summed E-state index contributed by atoms with van der Waals surface area (Å²) in [4.78, 5) is 11.8. The lowest BCUT2D eigenvalue weighted by Crippen LogP contribution is -2.13. The molecule has 7 nitrogen and oxygen atoms in total. The van der Waals surface area contributed by atoms with E-state index in [4.69, 9.17) is 14.6 Å². The maximum Gasteiger partial charge on any atom is 0.300 e. The predicted octanol–water partition coefficient (Wildman–Crippen LogP) is 1.05. The van der Waals surface area contributed by atoms with Gasteiger partial charge < -0.3 is 14.8 Å². The molecule has 0 radical (unpaired) electrons. The van der Waals surface area contributed by atoms with Crippen LogP contribution in [0.1, 0.15) is 5.56 Å². The number of hydrogen-bond donors (Lipinski definition) is 2. The number of nitrogens with two attached hydrogens (primary N) is 1. The molecule has 0 aliphatic carbocycles. The molecule has 1 amide bonds. The largest absolute Gasteiger partial charge is 0.454 e. The summed E-state index contributed by atoms with van der Waals surface area (Å²) in [6.45, 7) is 0.160. The van der Waals surface area contributed by atoms with Gasteiger partial charge in [0.15, 0.2) is 11.5 Å². The number of hydrogen-bond acceptors (Lipinski definition) is 5. The van der Waals surface area contributed by atoms with Crippen LogP contribution in [0.2, 0.25) is 0 Å². The first kappa shape index (κ1) is 15.9. The van der Waals surface area contributed by atoms with Crippen molar-refractivity contribution in [2.45, 2.75) is 4.90 Å². The minimum atomic E-state index is -3.84. The Morgan fingerprint density at radius 2 is 1.92 bits per heavy atom. The first-order chi connectivity index (χ1) is 11.4. The van der Waals surface area contributed by atoms with E-state index in [0.29, 0.717) is 17.1 Å². The van der Waals surface area contributed by atoms with E-state index in [2.05, 4.69) is 17.2 Å². The van der Waals surface area contributed by atoms with Gasteiger partial charge in [-0.05, 0) is 36.4 Å². The monoisotopic (exact) mass is 344 g/mol. The number of nitrogens with one attached hydrogen (secondary N) is 1. The molecule has 0 aromatic heterocycles. The fraction of sp³-hybridized carbons (Fsp3) is 0.0625. The highest BCUT2D eigenvalue weighted by atomic mass is 32.2. The highest BCUT2D eigenvalue weighted by Crippen LogP contribution is 2.32. The standard InChI is InChI=1S/C16H12N2O5S/c17-24(20,21)13-3-1-2-12(9-13)18-16(19)7-5-11-4-6-14-15(8-11)23-10-22-14/h1-4,6,8-9H,10H2,(H,18,19)(H2,17,20,21). The van der Waals surface area contributed by atoms with E-state index < -0.39 is 15.9 Å². The number of anilines is 1. The van der Waals surface area contributed by atoms with Crippen LogP contribution in [0.4, 0.5) is 5.69 Å². The van der Waals surface area contributed by atoms with Gasteiger partial charge in [-0.3, -0.25) is 4.79 Å². The molecule has 2 aromatic rings. The van der Waals surface area contributed by atoms with Crippen molar-refractivity contribution in [3.63, 3.8) is 0 Å². The van der Waals surface area contributed by atoms with Crippen LogP contribution in [0.15, 0.2) is 47.4 Å². The van der Waals surface area contributed by atoms with Gasteiger partial charge in [-0.15, -0.1) is 0 Å². The molecule has 1 heterocycles. The van der Waals surface area contributed by atoms with Crippen molar-refractivity contribution in [2.75, 3.05) is 12.1 Å². The Kier molecular flexibility index (Phi) is 4.12. The summed E-state index contributed by atoms with van der Waals surface area (Å²) in [7, 11) is -3.84. The molecule has 2 aromatic carbocycles. The summed E-state index contributed by atoms with van der Waals surface area (Å²) in [5, 5.41) is 7.53. The van der Waals surface area contributed by atoms with Crippen LogP contribution < -0.4 is 19.9 Å². The van der Waals surface area contributed by atoms with Crippen molar-refractivity contribution in [2.24, 2.45) is 5.14 Å². The molecule has 24 heavy (non-hydrogen) atoms. The Labute approximate surface area is 138 Å². The molecular formula is C16H12N2O5S. The van der Waals surface area contributed by atoms with Crippen molar-refractivity contribution < 1.29 is 22.7 Å². The SMILES string of the molecule is NS(=O)(=O)c1cccc(NC(=O)C#Cc2ccc3c(c2)OCO3)c1. The van der Waals surface area contributed by atoms with Crippen LogP contribution in [0, 0.1) is 11.8 Å². The Hall–Kier alpha value is -3.02. The molecule has 1 aliphatic rings. The van der Waals surface area contributed by atoms with E-state index in [9.17, 15) is 13.2 Å². The van der Waals surface area contributed by atoms with E-state index >= 15 is 0 Å². The minimum absolute atomic E-state index is 0.0935. The molecule has 1 aliphatic heterocycles. The number of benzene rings is 2. The van der Waals surface area contributed by atoms with Crippen molar-refractivity contribution >= 4 is 21.6 Å². The average molecular weight is 344 g/mol. The van der Waals surface area contributed by atoms with E-state index in [1.807, 2.05) is 0 Å². The van der Waals surface area contributed by atoms with Gasteiger partial charge >= 0.3 is 5.91 Å². The molecule has 0 atom stereocenters. The van der Waals surface area contributed by atoms with Crippen LogP contribution in [0.3, 0.4) is 0 Å². The summed E-state index contributed by atoms with van der Waals surface area (Å²) < 4.78 is 33.0. The second-order valence-electron chi connectivity index (χ2n) is 4.85. The molecule has 0 fully saturated rings. The molecule has 0 saturated carbocycles. The molecule has 8 heteroatoms. The van der Waals surface area contributed by atoms with Crippen molar-refractivity contribution in [1.29, 1.82) is 0 Å². The van der Waals surface area contributed by atoms with Crippen molar-refractivity contribution in [1.82, 2.24) is 0 Å². The van der Waals surface area contributed by atoms with Crippen molar-refractivity contribution in [3.05, 3.63) is 48.0 Å². The molecule has 0 spiro atoms. The Morgan fingerprint density at radius 3 is 2.71 bits per heavy atom. The molecular weight excluding hydrogens is 332 g/mol. The Bertz CT molecular complexity index is 973. The third-order valence-corrected chi connectivity index (χ3v) is 4.02. The number of carbonyl (C=O) groups is 1. The number of primary sulfonamides is 1. The van der Waals surface area contributed by atoms with E-state index in [1.165, 1.54) is 24.3 Å². The van der Waals surface area contributed by atoms with E-state index in [1.54, 1.807) is 18.2 Å². The summed E-state index contributed by atoms with van der Waals surface area (Å²) in [6, 6.07) is 10.7. The normalized spacial score (nSPS) is 12.2. The maximum absolute atomic E-state index is 11.9. The molecule has 3 N–H and O–H groups in total. The predicted molar refractivity (Wildman–Crippen MR) is 85.9 cm³/mol. The molecule has 0 saturated heterocycles. The molecule has 0 bridgehead atoms. The first-order valence-electron chi connectivity index (χ1n) is 6.77. The number of carbonyl (C=O) groups excluding carboxylic acids is 1. The zero-order valence-electron chi connectivity index (χ0n) is 12.3. The third kappa shape index (κ3) is 3.65. The number of fused-ring (bicyclic) bond motifs is 1. The van der Waals surface area contributed by atoms with Gasteiger partial charge in [0, 0.05) is 17.2 Å². The third-order valence-electron chi connectivity index (χ3n) is 3.11. The zero-order chi connectivity index (χ0) is 17.2. The first-order valence-corrected chi connectivity index (χ1v) is 8.32. The molecule has 0 unspecified atom stereocenters. The topological polar surface area (TPSA) is 108 Å². The minimum Gasteiger partial charge on any atom is -0.454 e. The Morgan fingerprint density at radius 1 is 1.12 bits per heavy atom. The number of amides is 1. The van der Waals surface area contributed by atoms with Gasteiger partial charge in [-0.1, -0.05) is 12.0 Å². The van der Waals surface area contributed by atoms with E-state index in [0.717, 1.165) is 0 Å². The summed E-state index contributed by atoms with van der Waals surface area (Å²) in [5.74, 6) is 5.74. The van der Waals surface area contributed by atoms with Gasteiger partial charge in [0.25, 0.3) is 0 Å². The smallest absolute Gasteiger partial charge is 0.300 e. The summed E-state index contributed by atoms with van der Waals surface area (Å²) in [6.07, 6.45) is 0. The van der Waals surface area contributed by atoms with Crippen LogP contribution >= 0.6 is 0 Å². The number of rotatable bonds is 2. The van der Waals surface area contributed by atoms with Gasteiger partial charge in [0.2, 0.25) is 16.8 Å². The quantitative estimate of drug-likeness (QED) is 0.792. The Balaban J connectivity index is 1.73. The van der Waals surface area contributed by atoms with Crippen LogP contribution in [-0.2, 0) is 14.8 Å². The highest BCUT2D eigenvalue weighted by molar-refractivity contribution is 7.89. The molecule has 3 rings (SSSR count). The lowest BCUT2D eigenvalue weighted by molar-refractivity contribution is -0.111. The van der Waals surface area contributed by atoms with Crippen molar-refractivity contribution in [3.8, 4) is 23.3 Å². The second kappa shape index (κ2) is 6.23. The summed E-state index contributed by atoms with van der Waals surface area (Å²) >= 11 is 0. The number of ether oxygens (including phenoxy) is 2. The lowest BCUT2D eigenvalue weighted by Gasteiger charge is -2.03. The fourth-order valence-corrected chi connectivity index (χ4v) is 2.58. The van der Waals surface area contributed by atoms with Crippen LogP contribution in [0.5, 0.6) is 11.5 Å². The van der Waals surface area contributed by atoms with Crippen LogP contribution in [-0.4, -0.2) is 21.1 Å². The highest BCUT2D eigenvalue weighted by Gasteiger charge is 2.12. The average Bonchev–Trinajstić information content (AvgIpc) is 3.00. The van der Waals surface area contributed by atoms with Gasteiger partial charge in [0.1, 0.15) is 0 Å². The lowest BCUT2D eigenvalue weighted by atomic mass is 10.2. The van der Waals surface area contributed by atoms with Gasteiger partial charge in [-0.25, -0.2) is 13.6 Å². The summed E-state index contributed by atoms with van der Waals surface area (Å²) in [5.41, 5.74) is 0.874. The number of sulfonamides is 1.